The van der Waals surface area contributed by atoms with Crippen molar-refractivity contribution in [3.63, 3.8) is 0 Å². The Balaban J connectivity index is 0.00000208. The summed E-state index contributed by atoms with van der Waals surface area (Å²) >= 11 is 0. The normalized spacial score (nSPS) is 12.8. The Kier molecular flexibility index (Phi) is 6.71. The fourth-order valence-corrected chi connectivity index (χ4v) is 2.80. The Hall–Kier alpha value is -1.97. The van der Waals surface area contributed by atoms with Crippen LogP contribution in [0.2, 0.25) is 0 Å². The molecule has 0 atom stereocenters. The molecule has 0 radical (unpaired) electrons. The molecule has 2 aromatic carbocycles. The minimum atomic E-state index is 0. The molecule has 0 spiro atoms. The maximum atomic E-state index is 5.56. The van der Waals surface area contributed by atoms with E-state index >= 15 is 0 Å². The first kappa shape index (κ1) is 18.4. The molecular weight excluding hydrogens is 322 g/mol. The van der Waals surface area contributed by atoms with Gasteiger partial charge in [-0.25, -0.2) is 0 Å². The fraction of sp³-hybridized carbons (Fsp3) is 0.300. The molecule has 0 fully saturated rings. The topological polar surface area (TPSA) is 21.7 Å². The maximum absolute atomic E-state index is 5.56. The van der Waals surface area contributed by atoms with E-state index in [-0.39, 0.29) is 12.4 Å². The Labute approximate surface area is 150 Å². The number of hydrogen-bond acceptors (Lipinski definition) is 3. The molecule has 0 N–H and O–H groups in total. The minimum absolute atomic E-state index is 0. The zero-order chi connectivity index (χ0) is 16.1. The Morgan fingerprint density at radius 3 is 2.71 bits per heavy atom. The van der Waals surface area contributed by atoms with Crippen molar-refractivity contribution < 1.29 is 9.47 Å². The van der Waals surface area contributed by atoms with E-state index in [9.17, 15) is 0 Å². The molecule has 3 nitrogen and oxygen atoms in total. The molecule has 2 aromatic rings. The molecule has 4 heteroatoms. The lowest BCUT2D eigenvalue weighted by Crippen LogP contribution is -2.17. The van der Waals surface area contributed by atoms with E-state index < -0.39 is 0 Å². The second-order valence-corrected chi connectivity index (χ2v) is 5.91. The second kappa shape index (κ2) is 8.76. The average molecular weight is 346 g/mol. The summed E-state index contributed by atoms with van der Waals surface area (Å²) in [6.07, 6.45) is 5.37. The van der Waals surface area contributed by atoms with Crippen molar-refractivity contribution in [3.05, 3.63) is 65.2 Å². The van der Waals surface area contributed by atoms with Gasteiger partial charge in [-0.05, 0) is 41.9 Å². The maximum Gasteiger partial charge on any atom is 0.122 e. The zero-order valence-corrected chi connectivity index (χ0v) is 15.0. The Morgan fingerprint density at radius 1 is 1.17 bits per heavy atom. The number of nitrogens with zero attached hydrogens (tertiary/aromatic N) is 1. The number of likely N-dealkylation sites (N-methyl/N-ethyl adjacent to an activating group) is 1. The largest absolute Gasteiger partial charge is 0.497 e. The molecule has 1 heterocycles. The van der Waals surface area contributed by atoms with Crippen LogP contribution in [0.5, 0.6) is 11.5 Å². The molecule has 0 saturated heterocycles. The third kappa shape index (κ3) is 4.76. The van der Waals surface area contributed by atoms with E-state index in [2.05, 4.69) is 54.4 Å². The summed E-state index contributed by atoms with van der Waals surface area (Å²) in [7, 11) is 3.83. The molecule has 128 valence electrons. The summed E-state index contributed by atoms with van der Waals surface area (Å²) in [6, 6.07) is 14.6. The Morgan fingerprint density at radius 2 is 1.96 bits per heavy atom. The monoisotopic (exact) mass is 345 g/mol. The first-order chi connectivity index (χ1) is 11.2. The number of rotatable bonds is 6. The van der Waals surface area contributed by atoms with Crippen molar-refractivity contribution >= 4 is 18.5 Å². The van der Waals surface area contributed by atoms with E-state index in [1.807, 2.05) is 12.1 Å². The highest BCUT2D eigenvalue weighted by Gasteiger charge is 2.12. The van der Waals surface area contributed by atoms with Gasteiger partial charge >= 0.3 is 0 Å². The molecule has 24 heavy (non-hydrogen) atoms. The lowest BCUT2D eigenvalue weighted by atomic mass is 10.1. The number of benzene rings is 2. The molecule has 0 aliphatic carbocycles. The number of halogens is 1. The smallest absolute Gasteiger partial charge is 0.122 e. The Bertz CT molecular complexity index is 683. The third-order valence-electron chi connectivity index (χ3n) is 4.05. The highest BCUT2D eigenvalue weighted by Crippen LogP contribution is 2.26. The molecule has 0 bridgehead atoms. The van der Waals surface area contributed by atoms with Crippen LogP contribution in [0.4, 0.5) is 0 Å². The van der Waals surface area contributed by atoms with Gasteiger partial charge in [-0.3, -0.25) is 4.90 Å². The van der Waals surface area contributed by atoms with Crippen molar-refractivity contribution in [2.75, 3.05) is 27.3 Å². The quantitative estimate of drug-likeness (QED) is 0.783. The van der Waals surface area contributed by atoms with Crippen LogP contribution in [0.3, 0.4) is 0 Å². The minimum Gasteiger partial charge on any atom is -0.497 e. The van der Waals surface area contributed by atoms with E-state index in [1.54, 1.807) is 7.11 Å². The van der Waals surface area contributed by atoms with Crippen LogP contribution < -0.4 is 9.47 Å². The van der Waals surface area contributed by atoms with Crippen molar-refractivity contribution in [3.8, 4) is 11.5 Å². The van der Waals surface area contributed by atoms with Crippen LogP contribution in [0.25, 0.3) is 6.08 Å². The van der Waals surface area contributed by atoms with Crippen molar-refractivity contribution in [2.24, 2.45) is 0 Å². The average Bonchev–Trinajstić information content (AvgIpc) is 3.03. The lowest BCUT2D eigenvalue weighted by Gasteiger charge is -2.15. The lowest BCUT2D eigenvalue weighted by molar-refractivity contribution is 0.356. The summed E-state index contributed by atoms with van der Waals surface area (Å²) < 4.78 is 10.7. The first-order valence-corrected chi connectivity index (χ1v) is 7.98. The summed E-state index contributed by atoms with van der Waals surface area (Å²) in [5.41, 5.74) is 3.87. The molecule has 0 saturated carbocycles. The van der Waals surface area contributed by atoms with Crippen molar-refractivity contribution in [1.82, 2.24) is 4.90 Å². The predicted molar refractivity (Wildman–Crippen MR) is 101 cm³/mol. The van der Waals surface area contributed by atoms with Crippen LogP contribution in [-0.4, -0.2) is 32.2 Å². The third-order valence-corrected chi connectivity index (χ3v) is 4.05. The standard InChI is InChI=1S/C20H23NO2.ClH/c1-21(12-3-4-16-5-8-19(22-2)9-6-16)15-17-7-10-20-18(14-17)11-13-23-20;/h3-10,14H,11-13,15H2,1-2H3;1H/b4-3+;. The predicted octanol–water partition coefficient (Wildman–Crippen LogP) is 4.20. The van der Waals surface area contributed by atoms with E-state index in [0.717, 1.165) is 37.6 Å². The molecule has 1 aliphatic rings. The summed E-state index contributed by atoms with van der Waals surface area (Å²) in [5, 5.41) is 0. The molecule has 0 aromatic heterocycles. The summed E-state index contributed by atoms with van der Waals surface area (Å²) in [5.74, 6) is 1.94. The molecular formula is C20H24ClNO2. The summed E-state index contributed by atoms with van der Waals surface area (Å²) in [6.45, 7) is 2.68. The highest BCUT2D eigenvalue weighted by molar-refractivity contribution is 5.85. The first-order valence-electron chi connectivity index (χ1n) is 7.98. The van der Waals surface area contributed by atoms with Crippen molar-refractivity contribution in [2.45, 2.75) is 13.0 Å². The van der Waals surface area contributed by atoms with Gasteiger partial charge in [-0.2, -0.15) is 0 Å². The highest BCUT2D eigenvalue weighted by atomic mass is 35.5. The molecule has 0 amide bonds. The second-order valence-electron chi connectivity index (χ2n) is 5.91. The van der Waals surface area contributed by atoms with E-state index in [1.165, 1.54) is 16.7 Å². The van der Waals surface area contributed by atoms with Gasteiger partial charge in [0.05, 0.1) is 13.7 Å². The van der Waals surface area contributed by atoms with Gasteiger partial charge in [-0.15, -0.1) is 12.4 Å². The van der Waals surface area contributed by atoms with Gasteiger partial charge in [0.2, 0.25) is 0 Å². The van der Waals surface area contributed by atoms with Gasteiger partial charge < -0.3 is 9.47 Å². The van der Waals surface area contributed by atoms with Gasteiger partial charge in [0, 0.05) is 19.5 Å². The SMILES string of the molecule is COc1ccc(/C=C/CN(C)Cc2ccc3c(c2)CCO3)cc1.Cl. The molecule has 3 rings (SSSR count). The molecule has 0 unspecified atom stereocenters. The van der Waals surface area contributed by atoms with Gasteiger partial charge in [0.25, 0.3) is 0 Å². The van der Waals surface area contributed by atoms with Crippen LogP contribution in [-0.2, 0) is 13.0 Å². The number of methoxy groups -OCH3 is 1. The number of fused-ring (bicyclic) bond motifs is 1. The van der Waals surface area contributed by atoms with Crippen LogP contribution in [0, 0.1) is 0 Å². The number of hydrogen-bond donors (Lipinski definition) is 0. The summed E-state index contributed by atoms with van der Waals surface area (Å²) in [4.78, 5) is 2.30. The van der Waals surface area contributed by atoms with Gasteiger partial charge in [0.1, 0.15) is 11.5 Å². The zero-order valence-electron chi connectivity index (χ0n) is 14.2. The fourth-order valence-electron chi connectivity index (χ4n) is 2.80. The van der Waals surface area contributed by atoms with Gasteiger partial charge in [0.15, 0.2) is 0 Å². The van der Waals surface area contributed by atoms with Crippen LogP contribution in [0.1, 0.15) is 16.7 Å². The van der Waals surface area contributed by atoms with Crippen molar-refractivity contribution in [1.29, 1.82) is 0 Å². The number of ether oxygens (including phenoxy) is 2. The van der Waals surface area contributed by atoms with Crippen LogP contribution >= 0.6 is 12.4 Å². The van der Waals surface area contributed by atoms with E-state index in [4.69, 9.17) is 9.47 Å². The van der Waals surface area contributed by atoms with E-state index in [0.29, 0.717) is 0 Å². The molecule has 1 aliphatic heterocycles. The van der Waals surface area contributed by atoms with Gasteiger partial charge in [-0.1, -0.05) is 36.4 Å². The van der Waals surface area contributed by atoms with Crippen LogP contribution in [0.15, 0.2) is 48.5 Å².